The van der Waals surface area contributed by atoms with Crippen LogP contribution in [0, 0.1) is 5.41 Å². The smallest absolute Gasteiger partial charge is 0.311 e. The number of rotatable bonds is 4. The molecule has 1 aromatic rings. The molecule has 1 saturated carbocycles. The number of hydrogen-bond acceptors (Lipinski definition) is 5. The number of aromatic nitrogens is 2. The lowest BCUT2D eigenvalue weighted by Crippen LogP contribution is -2.48. The SMILES string of the molecule is O=C(NCC1(C(=O)O)CCC1)c1cnc2n(c1=O)CCS2. The largest absolute Gasteiger partial charge is 0.481 e. The third-order valence-corrected chi connectivity index (χ3v) is 5.12. The molecule has 0 bridgehead atoms. The molecule has 1 aliphatic heterocycles. The fourth-order valence-electron chi connectivity index (χ4n) is 2.59. The Labute approximate surface area is 124 Å². The van der Waals surface area contributed by atoms with Gasteiger partial charge in [-0.1, -0.05) is 18.2 Å². The average molecular weight is 309 g/mol. The van der Waals surface area contributed by atoms with E-state index in [1.165, 1.54) is 22.5 Å². The van der Waals surface area contributed by atoms with Crippen LogP contribution in [0.25, 0.3) is 0 Å². The van der Waals surface area contributed by atoms with Gasteiger partial charge in [0.15, 0.2) is 5.16 Å². The zero-order valence-electron chi connectivity index (χ0n) is 11.3. The molecule has 8 heteroatoms. The number of carboxylic acids is 1. The van der Waals surface area contributed by atoms with E-state index in [1.54, 1.807) is 0 Å². The van der Waals surface area contributed by atoms with E-state index in [-0.39, 0.29) is 17.7 Å². The van der Waals surface area contributed by atoms with E-state index >= 15 is 0 Å². The number of amides is 1. The van der Waals surface area contributed by atoms with Gasteiger partial charge in [0.05, 0.1) is 5.41 Å². The fourth-order valence-corrected chi connectivity index (χ4v) is 3.50. The Morgan fingerprint density at radius 3 is 2.86 bits per heavy atom. The average Bonchev–Trinajstić information content (AvgIpc) is 2.86. The van der Waals surface area contributed by atoms with Gasteiger partial charge in [-0.3, -0.25) is 19.0 Å². The Hall–Kier alpha value is -1.83. The molecule has 1 amide bonds. The first-order chi connectivity index (χ1) is 10.0. The number of carbonyl (C=O) groups is 2. The summed E-state index contributed by atoms with van der Waals surface area (Å²) in [6.45, 7) is 0.600. The van der Waals surface area contributed by atoms with Crippen molar-refractivity contribution in [2.24, 2.45) is 5.41 Å². The highest BCUT2D eigenvalue weighted by Crippen LogP contribution is 2.40. The van der Waals surface area contributed by atoms with Crippen LogP contribution in [0.1, 0.15) is 29.6 Å². The van der Waals surface area contributed by atoms with Gasteiger partial charge >= 0.3 is 5.97 Å². The molecule has 1 fully saturated rings. The predicted molar refractivity (Wildman–Crippen MR) is 75.5 cm³/mol. The second-order valence-electron chi connectivity index (χ2n) is 5.38. The topological polar surface area (TPSA) is 101 Å². The highest BCUT2D eigenvalue weighted by molar-refractivity contribution is 7.99. The van der Waals surface area contributed by atoms with Crippen LogP contribution < -0.4 is 10.9 Å². The number of thioether (sulfide) groups is 1. The Morgan fingerprint density at radius 1 is 1.48 bits per heavy atom. The van der Waals surface area contributed by atoms with E-state index in [0.29, 0.717) is 24.5 Å². The third kappa shape index (κ3) is 2.33. The minimum Gasteiger partial charge on any atom is -0.481 e. The summed E-state index contributed by atoms with van der Waals surface area (Å²) >= 11 is 1.48. The lowest BCUT2D eigenvalue weighted by atomic mass is 9.69. The monoisotopic (exact) mass is 309 g/mol. The zero-order chi connectivity index (χ0) is 15.0. The predicted octanol–water partition coefficient (Wildman–Crippen LogP) is 0.334. The van der Waals surface area contributed by atoms with Crippen molar-refractivity contribution in [3.8, 4) is 0 Å². The number of aliphatic carboxylic acids is 1. The van der Waals surface area contributed by atoms with Crippen LogP contribution in [0.4, 0.5) is 0 Å². The van der Waals surface area contributed by atoms with Gasteiger partial charge in [0.1, 0.15) is 5.56 Å². The van der Waals surface area contributed by atoms with Crippen LogP contribution in [-0.2, 0) is 11.3 Å². The molecule has 1 aromatic heterocycles. The second kappa shape index (κ2) is 5.18. The summed E-state index contributed by atoms with van der Waals surface area (Å²) in [6, 6.07) is 0. The Bertz CT molecular complexity index is 666. The van der Waals surface area contributed by atoms with Crippen LogP contribution in [0.5, 0.6) is 0 Å². The maximum absolute atomic E-state index is 12.2. The standard InChI is InChI=1S/C13H15N3O4S/c17-9(15-7-13(11(19)20)2-1-3-13)8-6-14-12-16(10(8)18)4-5-21-12/h6H,1-5,7H2,(H,15,17)(H,19,20). The first kappa shape index (κ1) is 14.1. The molecule has 7 nitrogen and oxygen atoms in total. The van der Waals surface area contributed by atoms with Crippen LogP contribution in [0.2, 0.25) is 0 Å². The van der Waals surface area contributed by atoms with E-state index < -0.39 is 17.3 Å². The van der Waals surface area contributed by atoms with Gasteiger partial charge in [-0.2, -0.15) is 0 Å². The minimum absolute atomic E-state index is 0.0267. The summed E-state index contributed by atoms with van der Waals surface area (Å²) in [4.78, 5) is 39.6. The molecule has 2 heterocycles. The van der Waals surface area contributed by atoms with Crippen molar-refractivity contribution in [3.05, 3.63) is 22.1 Å². The molecule has 112 valence electrons. The molecule has 1 aliphatic carbocycles. The van der Waals surface area contributed by atoms with Gasteiger partial charge in [-0.15, -0.1) is 0 Å². The van der Waals surface area contributed by atoms with E-state index in [9.17, 15) is 19.5 Å². The molecule has 0 spiro atoms. The van der Waals surface area contributed by atoms with Gasteiger partial charge in [-0.25, -0.2) is 4.98 Å². The maximum atomic E-state index is 12.2. The molecule has 0 unspecified atom stereocenters. The number of carboxylic acid groups (broad SMARTS) is 1. The number of nitrogens with zero attached hydrogens (tertiary/aromatic N) is 2. The molecule has 2 N–H and O–H groups in total. The Balaban J connectivity index is 1.75. The van der Waals surface area contributed by atoms with Crippen LogP contribution in [0.15, 0.2) is 16.1 Å². The summed E-state index contributed by atoms with van der Waals surface area (Å²) in [5.41, 5.74) is -1.26. The second-order valence-corrected chi connectivity index (χ2v) is 6.44. The van der Waals surface area contributed by atoms with Crippen molar-refractivity contribution < 1.29 is 14.7 Å². The van der Waals surface area contributed by atoms with Crippen LogP contribution in [-0.4, -0.2) is 38.8 Å². The summed E-state index contributed by atoms with van der Waals surface area (Å²) in [7, 11) is 0. The lowest BCUT2D eigenvalue weighted by Gasteiger charge is -2.37. The quantitative estimate of drug-likeness (QED) is 0.777. The molecular formula is C13H15N3O4S. The number of carbonyl (C=O) groups excluding carboxylic acids is 1. The van der Waals surface area contributed by atoms with Crippen molar-refractivity contribution >= 4 is 23.6 Å². The highest BCUT2D eigenvalue weighted by atomic mass is 32.2. The number of fused-ring (bicyclic) bond motifs is 1. The van der Waals surface area contributed by atoms with Crippen molar-refractivity contribution in [3.63, 3.8) is 0 Å². The van der Waals surface area contributed by atoms with Crippen molar-refractivity contribution in [1.29, 1.82) is 0 Å². The number of hydrogen-bond donors (Lipinski definition) is 2. The van der Waals surface area contributed by atoms with Crippen LogP contribution in [0.3, 0.4) is 0 Å². The summed E-state index contributed by atoms with van der Waals surface area (Å²) in [5, 5.41) is 12.4. The van der Waals surface area contributed by atoms with Gasteiger partial charge in [0.25, 0.3) is 11.5 Å². The number of nitrogens with one attached hydrogen (secondary N) is 1. The van der Waals surface area contributed by atoms with Gasteiger partial charge in [-0.05, 0) is 12.8 Å². The lowest BCUT2D eigenvalue weighted by molar-refractivity contribution is -0.153. The Kier molecular flexibility index (Phi) is 3.48. The van der Waals surface area contributed by atoms with Gasteiger partial charge < -0.3 is 10.4 Å². The van der Waals surface area contributed by atoms with E-state index in [0.717, 1.165) is 12.2 Å². The first-order valence-corrected chi connectivity index (χ1v) is 7.76. The third-order valence-electron chi connectivity index (χ3n) is 4.15. The van der Waals surface area contributed by atoms with Gasteiger partial charge in [0, 0.05) is 25.0 Å². The normalized spacial score (nSPS) is 18.7. The fraction of sp³-hybridized carbons (Fsp3) is 0.538. The highest BCUT2D eigenvalue weighted by Gasteiger charge is 2.44. The minimum atomic E-state index is -0.894. The van der Waals surface area contributed by atoms with E-state index in [1.807, 2.05) is 0 Å². The molecular weight excluding hydrogens is 294 g/mol. The molecule has 0 atom stereocenters. The van der Waals surface area contributed by atoms with E-state index in [4.69, 9.17) is 0 Å². The Morgan fingerprint density at radius 2 is 2.24 bits per heavy atom. The summed E-state index contributed by atoms with van der Waals surface area (Å²) < 4.78 is 1.48. The zero-order valence-corrected chi connectivity index (χ0v) is 12.1. The van der Waals surface area contributed by atoms with Crippen LogP contribution >= 0.6 is 11.8 Å². The van der Waals surface area contributed by atoms with Crippen molar-refractivity contribution in [2.45, 2.75) is 31.0 Å². The maximum Gasteiger partial charge on any atom is 0.311 e. The van der Waals surface area contributed by atoms with Crippen molar-refractivity contribution in [2.75, 3.05) is 12.3 Å². The summed E-state index contributed by atoms with van der Waals surface area (Å²) in [6.07, 6.45) is 3.24. The van der Waals surface area contributed by atoms with E-state index in [2.05, 4.69) is 10.3 Å². The molecule has 2 aliphatic rings. The van der Waals surface area contributed by atoms with Crippen molar-refractivity contribution in [1.82, 2.24) is 14.9 Å². The molecule has 0 saturated heterocycles. The summed E-state index contributed by atoms with van der Waals surface area (Å²) in [5.74, 6) is -0.670. The molecule has 3 rings (SSSR count). The molecule has 0 radical (unpaired) electrons. The molecule has 21 heavy (non-hydrogen) atoms. The van der Waals surface area contributed by atoms with Gasteiger partial charge in [0.2, 0.25) is 0 Å². The molecule has 0 aromatic carbocycles. The first-order valence-electron chi connectivity index (χ1n) is 6.78.